The number of methoxy groups -OCH3 is 1. The van der Waals surface area contributed by atoms with Crippen molar-refractivity contribution in [1.29, 1.82) is 0 Å². The van der Waals surface area contributed by atoms with Crippen molar-refractivity contribution in [2.24, 2.45) is 5.92 Å². The van der Waals surface area contributed by atoms with E-state index in [9.17, 15) is 4.79 Å². The van der Waals surface area contributed by atoms with Crippen molar-refractivity contribution in [1.82, 2.24) is 0 Å². The number of nitrogens with one attached hydrogen (secondary N) is 1. The van der Waals surface area contributed by atoms with Crippen LogP contribution in [0.25, 0.3) is 0 Å². The predicted molar refractivity (Wildman–Crippen MR) is 145 cm³/mol. The molecule has 1 heterocycles. The van der Waals surface area contributed by atoms with Crippen LogP contribution in [-0.4, -0.2) is 19.7 Å². The molecular weight excluding hydrogens is 542 g/mol. The monoisotopic (exact) mass is 567 g/mol. The summed E-state index contributed by atoms with van der Waals surface area (Å²) in [6, 6.07) is 17.6. The van der Waals surface area contributed by atoms with Crippen LogP contribution >= 0.6 is 27.5 Å². The van der Waals surface area contributed by atoms with Crippen molar-refractivity contribution in [2.45, 2.75) is 31.9 Å². The molecule has 1 N–H and O–H groups in total. The zero-order valence-corrected chi connectivity index (χ0v) is 22.4. The average molecular weight is 569 g/mol. The number of carbonyl (C=O) groups is 1. The van der Waals surface area contributed by atoms with Crippen LogP contribution in [0.15, 0.2) is 71.2 Å². The molecule has 0 unspecified atom stereocenters. The van der Waals surface area contributed by atoms with E-state index in [1.807, 2.05) is 55.5 Å². The lowest BCUT2D eigenvalue weighted by Gasteiger charge is -2.38. The molecule has 3 aromatic rings. The van der Waals surface area contributed by atoms with Gasteiger partial charge in [0.15, 0.2) is 11.5 Å². The summed E-state index contributed by atoms with van der Waals surface area (Å²) in [6.45, 7) is 2.51. The van der Waals surface area contributed by atoms with Gasteiger partial charge in [0, 0.05) is 22.2 Å². The van der Waals surface area contributed by atoms with Gasteiger partial charge in [-0.3, -0.25) is 0 Å². The Balaban J connectivity index is 1.44. The van der Waals surface area contributed by atoms with E-state index >= 15 is 0 Å². The summed E-state index contributed by atoms with van der Waals surface area (Å²) in [6.07, 6.45) is 5.42. The highest BCUT2D eigenvalue weighted by Crippen LogP contribution is 2.51. The molecule has 0 amide bonds. The molecule has 0 radical (unpaired) electrons. The molecule has 186 valence electrons. The van der Waals surface area contributed by atoms with Gasteiger partial charge in [-0.2, -0.15) is 0 Å². The van der Waals surface area contributed by atoms with E-state index in [2.05, 4.69) is 39.5 Å². The van der Waals surface area contributed by atoms with Crippen LogP contribution in [-0.2, 0) is 11.3 Å². The fraction of sp³-hybridized carbons (Fsp3) is 0.276. The minimum Gasteiger partial charge on any atom is -0.493 e. The molecule has 36 heavy (non-hydrogen) atoms. The topological polar surface area (TPSA) is 56.8 Å². The minimum atomic E-state index is -0.290. The lowest BCUT2D eigenvalue weighted by molar-refractivity contribution is 0.0526. The number of anilines is 1. The lowest BCUT2D eigenvalue weighted by atomic mass is 9.76. The number of ether oxygens (including phenoxy) is 3. The largest absolute Gasteiger partial charge is 0.493 e. The van der Waals surface area contributed by atoms with Crippen LogP contribution in [0.3, 0.4) is 0 Å². The molecule has 0 saturated heterocycles. The summed E-state index contributed by atoms with van der Waals surface area (Å²) in [5, 5.41) is 4.39. The molecule has 0 aromatic heterocycles. The highest BCUT2D eigenvalue weighted by molar-refractivity contribution is 9.10. The van der Waals surface area contributed by atoms with Crippen molar-refractivity contribution in [2.75, 3.05) is 19.0 Å². The van der Waals surface area contributed by atoms with Crippen molar-refractivity contribution in [3.05, 3.63) is 98.5 Å². The van der Waals surface area contributed by atoms with Crippen molar-refractivity contribution in [3.63, 3.8) is 0 Å². The van der Waals surface area contributed by atoms with E-state index in [4.69, 9.17) is 25.8 Å². The summed E-state index contributed by atoms with van der Waals surface area (Å²) in [4.78, 5) is 12.3. The molecular formula is C29H27BrClNO4. The number of hydrogen-bond donors (Lipinski definition) is 1. The molecule has 2 aliphatic rings. The smallest absolute Gasteiger partial charge is 0.338 e. The van der Waals surface area contributed by atoms with Crippen molar-refractivity contribution < 1.29 is 19.0 Å². The van der Waals surface area contributed by atoms with Gasteiger partial charge in [-0.1, -0.05) is 42.0 Å². The molecule has 3 atom stereocenters. The third kappa shape index (κ3) is 4.72. The molecule has 5 rings (SSSR count). The second kappa shape index (κ2) is 10.6. The normalized spacial score (nSPS) is 19.7. The molecule has 5 nitrogen and oxygen atoms in total. The fourth-order valence-corrected chi connectivity index (χ4v) is 5.86. The van der Waals surface area contributed by atoms with Crippen LogP contribution in [0.4, 0.5) is 5.69 Å². The molecule has 0 saturated carbocycles. The third-order valence-electron chi connectivity index (χ3n) is 6.81. The first kappa shape index (κ1) is 24.7. The van der Waals surface area contributed by atoms with Crippen molar-refractivity contribution >= 4 is 39.2 Å². The molecule has 1 aliphatic carbocycles. The van der Waals surface area contributed by atoms with E-state index in [0.717, 1.165) is 33.3 Å². The molecule has 0 fully saturated rings. The van der Waals surface area contributed by atoms with Crippen LogP contribution in [0, 0.1) is 5.92 Å². The maximum atomic E-state index is 12.3. The van der Waals surface area contributed by atoms with Gasteiger partial charge in [0.25, 0.3) is 0 Å². The molecule has 0 spiro atoms. The van der Waals surface area contributed by atoms with Crippen LogP contribution in [0.2, 0.25) is 5.02 Å². The number of esters is 1. The third-order valence-corrected chi connectivity index (χ3v) is 7.77. The van der Waals surface area contributed by atoms with Crippen LogP contribution in [0.1, 0.15) is 52.4 Å². The Labute approximate surface area is 224 Å². The standard InChI is InChI=1S/C29H27BrClNO4/c1-3-35-29(33)17-11-12-25-22(13-17)20-8-6-9-21(20)27(32-25)19-14-23(30)28(26(15-19)34-2)36-16-18-7-4-5-10-24(18)31/h4-8,10-15,20-21,27,32H,3,9,16H2,1-2H3/t20-,21+,27+/m1/s1. The Bertz CT molecular complexity index is 1320. The summed E-state index contributed by atoms with van der Waals surface area (Å²) < 4.78 is 17.9. The van der Waals surface area contributed by atoms with Gasteiger partial charge in [0.1, 0.15) is 6.61 Å². The van der Waals surface area contributed by atoms with Gasteiger partial charge in [0.2, 0.25) is 0 Å². The number of rotatable bonds is 7. The van der Waals surface area contributed by atoms with E-state index in [1.54, 1.807) is 7.11 Å². The molecule has 1 aliphatic heterocycles. The second-order valence-corrected chi connectivity index (χ2v) is 10.2. The Hall–Kier alpha value is -2.96. The number of hydrogen-bond acceptors (Lipinski definition) is 5. The van der Waals surface area contributed by atoms with Gasteiger partial charge in [0.05, 0.1) is 29.8 Å². The summed E-state index contributed by atoms with van der Waals surface area (Å²) >= 11 is 10.0. The van der Waals surface area contributed by atoms with E-state index in [-0.39, 0.29) is 17.9 Å². The predicted octanol–water partition coefficient (Wildman–Crippen LogP) is 7.69. The summed E-state index contributed by atoms with van der Waals surface area (Å²) in [5.41, 5.74) is 4.74. The molecule has 3 aromatic carbocycles. The average Bonchev–Trinajstić information content (AvgIpc) is 3.38. The van der Waals surface area contributed by atoms with Gasteiger partial charge in [-0.05, 0) is 82.7 Å². The number of carbonyl (C=O) groups excluding carboxylic acids is 1. The first-order chi connectivity index (χ1) is 17.5. The zero-order valence-electron chi connectivity index (χ0n) is 20.1. The SMILES string of the molecule is CCOC(=O)c1ccc2c(c1)[C@@H]1C=CC[C@@H]1[C@H](c1cc(Br)c(OCc3ccccc3Cl)c(OC)c1)N2. The Morgan fingerprint density at radius 2 is 2.00 bits per heavy atom. The van der Waals surface area contributed by atoms with Crippen molar-refractivity contribution in [3.8, 4) is 11.5 Å². The van der Waals surface area contributed by atoms with E-state index in [1.165, 1.54) is 0 Å². The van der Waals surface area contributed by atoms with E-state index < -0.39 is 0 Å². The Morgan fingerprint density at radius 3 is 2.78 bits per heavy atom. The highest BCUT2D eigenvalue weighted by atomic mass is 79.9. The lowest BCUT2D eigenvalue weighted by Crippen LogP contribution is -2.29. The number of allylic oxidation sites excluding steroid dienone is 2. The van der Waals surface area contributed by atoms with Crippen LogP contribution in [0.5, 0.6) is 11.5 Å². The van der Waals surface area contributed by atoms with Gasteiger partial charge in [-0.15, -0.1) is 0 Å². The number of benzene rings is 3. The number of halogens is 2. The summed E-state index contributed by atoms with van der Waals surface area (Å²) in [5.74, 6) is 1.52. The molecule has 0 bridgehead atoms. The summed E-state index contributed by atoms with van der Waals surface area (Å²) in [7, 11) is 1.65. The number of fused-ring (bicyclic) bond motifs is 3. The Morgan fingerprint density at radius 1 is 1.17 bits per heavy atom. The Kier molecular flexibility index (Phi) is 7.26. The zero-order chi connectivity index (χ0) is 25.2. The maximum Gasteiger partial charge on any atom is 0.338 e. The van der Waals surface area contributed by atoms with Gasteiger partial charge < -0.3 is 19.5 Å². The van der Waals surface area contributed by atoms with Gasteiger partial charge >= 0.3 is 5.97 Å². The van der Waals surface area contributed by atoms with Crippen LogP contribution < -0.4 is 14.8 Å². The highest BCUT2D eigenvalue weighted by Gasteiger charge is 2.38. The quantitative estimate of drug-likeness (QED) is 0.234. The second-order valence-electron chi connectivity index (χ2n) is 8.91. The minimum absolute atomic E-state index is 0.0637. The first-order valence-corrected chi connectivity index (χ1v) is 13.1. The molecule has 7 heteroatoms. The van der Waals surface area contributed by atoms with E-state index in [0.29, 0.717) is 41.2 Å². The fourth-order valence-electron chi connectivity index (χ4n) is 5.09. The first-order valence-electron chi connectivity index (χ1n) is 12.0. The maximum absolute atomic E-state index is 12.3. The van der Waals surface area contributed by atoms with Gasteiger partial charge in [-0.25, -0.2) is 4.79 Å².